The highest BCUT2D eigenvalue weighted by Gasteiger charge is 2.31. The van der Waals surface area contributed by atoms with Gasteiger partial charge in [0.2, 0.25) is 0 Å². The second kappa shape index (κ2) is 4.60. The van der Waals surface area contributed by atoms with Crippen molar-refractivity contribution in [2.45, 2.75) is 44.3 Å². The molecule has 0 aromatic carbocycles. The molecule has 0 atom stereocenters. The first-order valence-corrected chi connectivity index (χ1v) is 6.51. The molecule has 1 saturated heterocycles. The first-order chi connectivity index (χ1) is 7.92. The van der Waals surface area contributed by atoms with E-state index in [4.69, 9.17) is 0 Å². The molecule has 0 unspecified atom stereocenters. The lowest BCUT2D eigenvalue weighted by Gasteiger charge is -2.32. The number of nitrogens with zero attached hydrogens (tertiary/aromatic N) is 1. The minimum Gasteiger partial charge on any atom is -0.364 e. The van der Waals surface area contributed by atoms with Gasteiger partial charge in [-0.3, -0.25) is 0 Å². The molecule has 1 aromatic rings. The molecule has 3 nitrogen and oxygen atoms in total. The van der Waals surface area contributed by atoms with Crippen LogP contribution in [0.3, 0.4) is 0 Å². The van der Waals surface area contributed by atoms with E-state index in [9.17, 15) is 0 Å². The van der Waals surface area contributed by atoms with Gasteiger partial charge < -0.3 is 15.2 Å². The standard InChI is InChI=1S/C13H21N3/c1-2-12(14-7-1)10-15-11-5-8-16(9-6-11)13-3-4-13/h1-2,7,11,13-15H,3-6,8-10H2. The first-order valence-electron chi connectivity index (χ1n) is 6.51. The summed E-state index contributed by atoms with van der Waals surface area (Å²) in [6.07, 6.45) is 7.52. The molecule has 0 amide bonds. The Morgan fingerprint density at radius 1 is 1.25 bits per heavy atom. The lowest BCUT2D eigenvalue weighted by atomic mass is 10.0. The van der Waals surface area contributed by atoms with Crippen LogP contribution >= 0.6 is 0 Å². The van der Waals surface area contributed by atoms with Gasteiger partial charge in [-0.15, -0.1) is 0 Å². The fourth-order valence-corrected chi connectivity index (χ4v) is 2.64. The van der Waals surface area contributed by atoms with Gasteiger partial charge in [-0.1, -0.05) is 0 Å². The molecule has 0 bridgehead atoms. The van der Waals surface area contributed by atoms with Gasteiger partial charge in [0.25, 0.3) is 0 Å². The summed E-state index contributed by atoms with van der Waals surface area (Å²) < 4.78 is 0. The lowest BCUT2D eigenvalue weighted by Crippen LogP contribution is -2.43. The Morgan fingerprint density at radius 3 is 2.69 bits per heavy atom. The molecular formula is C13H21N3. The quantitative estimate of drug-likeness (QED) is 0.808. The Balaban J connectivity index is 1.40. The molecule has 2 aliphatic rings. The highest BCUT2D eigenvalue weighted by Crippen LogP contribution is 2.29. The predicted molar refractivity (Wildman–Crippen MR) is 65.2 cm³/mol. The topological polar surface area (TPSA) is 31.1 Å². The van der Waals surface area contributed by atoms with Crippen LogP contribution in [0.5, 0.6) is 0 Å². The molecule has 1 saturated carbocycles. The third-order valence-electron chi connectivity index (χ3n) is 3.84. The zero-order chi connectivity index (χ0) is 10.8. The smallest absolute Gasteiger partial charge is 0.0359 e. The van der Waals surface area contributed by atoms with E-state index in [0.29, 0.717) is 0 Å². The molecule has 3 heteroatoms. The largest absolute Gasteiger partial charge is 0.364 e. The molecule has 2 N–H and O–H groups in total. The molecule has 88 valence electrons. The van der Waals surface area contributed by atoms with E-state index in [1.165, 1.54) is 44.5 Å². The van der Waals surface area contributed by atoms with Crippen molar-refractivity contribution in [3.63, 3.8) is 0 Å². The van der Waals surface area contributed by atoms with Gasteiger partial charge in [0.05, 0.1) is 0 Å². The lowest BCUT2D eigenvalue weighted by molar-refractivity contribution is 0.189. The third kappa shape index (κ3) is 2.47. The van der Waals surface area contributed by atoms with Gasteiger partial charge in [0.15, 0.2) is 0 Å². The van der Waals surface area contributed by atoms with Gasteiger partial charge in [0.1, 0.15) is 0 Å². The maximum absolute atomic E-state index is 3.65. The zero-order valence-corrected chi connectivity index (χ0v) is 9.78. The van der Waals surface area contributed by atoms with Crippen LogP contribution in [0.25, 0.3) is 0 Å². The summed E-state index contributed by atoms with van der Waals surface area (Å²) in [4.78, 5) is 5.91. The average molecular weight is 219 g/mol. The summed E-state index contributed by atoms with van der Waals surface area (Å²) in [6.45, 7) is 3.58. The Morgan fingerprint density at radius 2 is 2.06 bits per heavy atom. The van der Waals surface area contributed by atoms with Crippen LogP contribution in [0, 0.1) is 0 Å². The number of piperidine rings is 1. The molecule has 1 aliphatic heterocycles. The van der Waals surface area contributed by atoms with Gasteiger partial charge in [-0.25, -0.2) is 0 Å². The van der Waals surface area contributed by atoms with Crippen LogP contribution in [0.15, 0.2) is 18.3 Å². The maximum Gasteiger partial charge on any atom is 0.0359 e. The summed E-state index contributed by atoms with van der Waals surface area (Å²) in [6, 6.07) is 5.88. The van der Waals surface area contributed by atoms with Gasteiger partial charge in [-0.05, 0) is 50.9 Å². The van der Waals surface area contributed by atoms with Gasteiger partial charge in [-0.2, -0.15) is 0 Å². The SMILES string of the molecule is c1c[nH]c(CNC2CCN(C3CC3)CC2)c1. The van der Waals surface area contributed by atoms with Gasteiger partial charge in [0, 0.05) is 30.5 Å². The van der Waals surface area contributed by atoms with Gasteiger partial charge >= 0.3 is 0 Å². The molecule has 0 radical (unpaired) electrons. The van der Waals surface area contributed by atoms with Crippen LogP contribution in [-0.4, -0.2) is 35.1 Å². The number of hydrogen-bond acceptors (Lipinski definition) is 2. The van der Waals surface area contributed by atoms with Crippen molar-refractivity contribution < 1.29 is 0 Å². The van der Waals surface area contributed by atoms with E-state index in [1.807, 2.05) is 6.20 Å². The van der Waals surface area contributed by atoms with Crippen LogP contribution in [0.1, 0.15) is 31.4 Å². The minimum atomic E-state index is 0.721. The predicted octanol–water partition coefficient (Wildman–Crippen LogP) is 1.73. The number of nitrogens with one attached hydrogen (secondary N) is 2. The van der Waals surface area contributed by atoms with Crippen molar-refractivity contribution in [3.05, 3.63) is 24.0 Å². The number of aromatic amines is 1. The fourth-order valence-electron chi connectivity index (χ4n) is 2.64. The number of H-pyrrole nitrogens is 1. The third-order valence-corrected chi connectivity index (χ3v) is 3.84. The highest BCUT2D eigenvalue weighted by atomic mass is 15.2. The molecule has 0 spiro atoms. The number of aromatic nitrogens is 1. The summed E-state index contributed by atoms with van der Waals surface area (Å²) in [5.41, 5.74) is 1.30. The number of rotatable bonds is 4. The second-order valence-electron chi connectivity index (χ2n) is 5.12. The summed E-state index contributed by atoms with van der Waals surface area (Å²) in [7, 11) is 0. The number of likely N-dealkylation sites (tertiary alicyclic amines) is 1. The van der Waals surface area contributed by atoms with Crippen LogP contribution in [0.2, 0.25) is 0 Å². The first kappa shape index (κ1) is 10.4. The zero-order valence-electron chi connectivity index (χ0n) is 9.78. The van der Waals surface area contributed by atoms with Crippen molar-refractivity contribution in [3.8, 4) is 0 Å². The molecular weight excluding hydrogens is 198 g/mol. The van der Waals surface area contributed by atoms with E-state index in [1.54, 1.807) is 0 Å². The number of hydrogen-bond donors (Lipinski definition) is 2. The normalized spacial score (nSPS) is 23.8. The second-order valence-corrected chi connectivity index (χ2v) is 5.12. The van der Waals surface area contributed by atoms with Crippen molar-refractivity contribution in [2.75, 3.05) is 13.1 Å². The van der Waals surface area contributed by atoms with Crippen molar-refractivity contribution in [1.82, 2.24) is 15.2 Å². The Labute approximate surface area is 97.2 Å². The van der Waals surface area contributed by atoms with Crippen molar-refractivity contribution in [2.24, 2.45) is 0 Å². The monoisotopic (exact) mass is 219 g/mol. The fraction of sp³-hybridized carbons (Fsp3) is 0.692. The molecule has 2 heterocycles. The Kier molecular flexibility index (Phi) is 2.98. The minimum absolute atomic E-state index is 0.721. The molecule has 16 heavy (non-hydrogen) atoms. The average Bonchev–Trinajstić information content (AvgIpc) is 3.05. The molecule has 1 aromatic heterocycles. The highest BCUT2D eigenvalue weighted by molar-refractivity contribution is 5.03. The molecule has 2 fully saturated rings. The summed E-state index contributed by atoms with van der Waals surface area (Å²) in [5.74, 6) is 0. The Bertz CT molecular complexity index is 308. The van der Waals surface area contributed by atoms with Crippen LogP contribution < -0.4 is 5.32 Å². The van der Waals surface area contributed by atoms with E-state index in [2.05, 4.69) is 27.3 Å². The van der Waals surface area contributed by atoms with E-state index < -0.39 is 0 Å². The molecule has 3 rings (SSSR count). The van der Waals surface area contributed by atoms with Crippen LogP contribution in [0.4, 0.5) is 0 Å². The van der Waals surface area contributed by atoms with Crippen LogP contribution in [-0.2, 0) is 6.54 Å². The van der Waals surface area contributed by atoms with Crippen molar-refractivity contribution in [1.29, 1.82) is 0 Å². The molecule has 1 aliphatic carbocycles. The van der Waals surface area contributed by atoms with E-state index in [-0.39, 0.29) is 0 Å². The van der Waals surface area contributed by atoms with E-state index >= 15 is 0 Å². The summed E-state index contributed by atoms with van der Waals surface area (Å²) in [5, 5.41) is 3.65. The van der Waals surface area contributed by atoms with Crippen molar-refractivity contribution >= 4 is 0 Å². The maximum atomic E-state index is 3.65. The summed E-state index contributed by atoms with van der Waals surface area (Å²) >= 11 is 0. The van der Waals surface area contributed by atoms with E-state index in [0.717, 1.165) is 18.6 Å². The Hall–Kier alpha value is -0.800.